The standard InChI is InChI=1S/C37H44ClN7O10S2/c1-6-19-25(30(38)57-31(19)39)26(42-55-36(4,5)35(53)54)32(49)40-29-33(50)44-27(34(51)52)18(17-56-37(29,44)7-2)15-45(11-9-10-12-45)16-21-28(48)20-13-23(46)24(47)14-22(20)43(8-3)41-21/h13-14,29H,6-12,15-17,39H2,1-5H3,(H4-,40,41,42,46,47,48,49,51,52,53,54)/p+1. The lowest BCUT2D eigenvalue weighted by atomic mass is 9.88. The minimum atomic E-state index is -1.84. The quantitative estimate of drug-likeness (QED) is 0.0447. The molecule has 0 bridgehead atoms. The van der Waals surface area contributed by atoms with Gasteiger partial charge >= 0.3 is 11.9 Å². The van der Waals surface area contributed by atoms with Crippen LogP contribution in [0.4, 0.5) is 5.00 Å². The minimum Gasteiger partial charge on any atom is -0.504 e. The van der Waals surface area contributed by atoms with E-state index in [0.29, 0.717) is 52.2 Å². The van der Waals surface area contributed by atoms with Crippen LogP contribution in [-0.4, -0.2) is 111 Å². The van der Waals surface area contributed by atoms with E-state index in [1.165, 1.54) is 42.6 Å². The van der Waals surface area contributed by atoms with Crippen LogP contribution in [0.1, 0.15) is 70.7 Å². The van der Waals surface area contributed by atoms with E-state index in [9.17, 15) is 44.4 Å². The summed E-state index contributed by atoms with van der Waals surface area (Å²) in [5.41, 5.74) is 5.09. The molecule has 0 radical (unpaired) electrons. The number of aryl methyl sites for hydroxylation is 1. The van der Waals surface area contributed by atoms with Crippen LogP contribution in [0.5, 0.6) is 11.5 Å². The molecule has 57 heavy (non-hydrogen) atoms. The number of β-lactam (4-membered cyclic amide) rings is 1. The summed E-state index contributed by atoms with van der Waals surface area (Å²) in [5.74, 6) is -4.82. The second-order valence-corrected chi connectivity index (χ2v) is 17.8. The summed E-state index contributed by atoms with van der Waals surface area (Å²) in [4.78, 5) is 72.4. The van der Waals surface area contributed by atoms with Crippen molar-refractivity contribution in [3.63, 3.8) is 0 Å². The van der Waals surface area contributed by atoms with Gasteiger partial charge in [0.2, 0.25) is 11.0 Å². The number of nitrogen functional groups attached to an aromatic ring is 1. The fraction of sp³-hybridized carbons (Fsp3) is 0.486. The maximum Gasteiger partial charge on any atom is 0.352 e. The number of rotatable bonds is 14. The highest BCUT2D eigenvalue weighted by Crippen LogP contribution is 2.52. The van der Waals surface area contributed by atoms with Crippen LogP contribution in [0.3, 0.4) is 0 Å². The molecule has 0 saturated carbocycles. The number of carboxylic acid groups (broad SMARTS) is 2. The molecule has 7 N–H and O–H groups in total. The van der Waals surface area contributed by atoms with E-state index >= 15 is 0 Å². The maximum absolute atomic E-state index is 14.1. The Morgan fingerprint density at radius 2 is 1.79 bits per heavy atom. The second-order valence-electron chi connectivity index (χ2n) is 14.9. The van der Waals surface area contributed by atoms with Crippen LogP contribution in [0.25, 0.3) is 10.9 Å². The van der Waals surface area contributed by atoms with E-state index in [1.807, 2.05) is 6.92 Å². The lowest BCUT2D eigenvalue weighted by Gasteiger charge is -2.59. The number of aromatic hydroxyl groups is 2. The normalized spacial score (nSPS) is 20.7. The zero-order valence-electron chi connectivity index (χ0n) is 32.0. The van der Waals surface area contributed by atoms with Crippen LogP contribution in [0.15, 0.2) is 33.4 Å². The Labute approximate surface area is 340 Å². The number of likely N-dealkylation sites (tertiary alicyclic amines) is 1. The number of nitrogens with two attached hydrogens (primary N) is 1. The SMILES string of the molecule is CCc1c(N)sc(Cl)c1C(=NOC(C)(C)C(=O)O)C(=O)NC1C(=O)N2C(C(=O)O)=C(C[N+]3(Cc4nn(CC)c5cc(O)c(O)cc5c4=O)CCCC3)CSC12CC. The Hall–Kier alpha value is -4.85. The number of anilines is 1. The Kier molecular flexibility index (Phi) is 11.3. The first kappa shape index (κ1) is 41.8. The van der Waals surface area contributed by atoms with Gasteiger partial charge in [0.25, 0.3) is 11.8 Å². The molecule has 20 heteroatoms. The van der Waals surface area contributed by atoms with Crippen molar-refractivity contribution in [1.29, 1.82) is 0 Å². The molecule has 0 aliphatic carbocycles. The monoisotopic (exact) mass is 846 g/mol. The van der Waals surface area contributed by atoms with E-state index in [2.05, 4.69) is 15.6 Å². The van der Waals surface area contributed by atoms with Crippen molar-refractivity contribution < 1.29 is 48.9 Å². The van der Waals surface area contributed by atoms with Crippen molar-refractivity contribution in [3.05, 3.63) is 54.8 Å². The van der Waals surface area contributed by atoms with Gasteiger partial charge in [0.05, 0.1) is 29.0 Å². The van der Waals surface area contributed by atoms with E-state index in [4.69, 9.17) is 22.2 Å². The highest BCUT2D eigenvalue weighted by molar-refractivity contribution is 8.01. The Morgan fingerprint density at radius 1 is 1.12 bits per heavy atom. The zero-order chi connectivity index (χ0) is 41.8. The molecule has 2 fully saturated rings. The summed E-state index contributed by atoms with van der Waals surface area (Å²) >= 11 is 8.86. The molecule has 1 aromatic carbocycles. The Morgan fingerprint density at radius 3 is 2.39 bits per heavy atom. The number of phenolic OH excluding ortho intramolecular Hbond substituents is 2. The highest BCUT2D eigenvalue weighted by atomic mass is 35.5. The number of halogens is 1. The summed E-state index contributed by atoms with van der Waals surface area (Å²) in [7, 11) is 0. The minimum absolute atomic E-state index is 0.110. The smallest absolute Gasteiger partial charge is 0.352 e. The molecular formula is C37H45ClN7O10S2+. The van der Waals surface area contributed by atoms with Gasteiger partial charge in [0.15, 0.2) is 22.9 Å². The van der Waals surface area contributed by atoms with Crippen LogP contribution in [-0.2, 0) is 43.5 Å². The lowest BCUT2D eigenvalue weighted by molar-refractivity contribution is -0.925. The molecule has 17 nitrogen and oxygen atoms in total. The van der Waals surface area contributed by atoms with Gasteiger partial charge in [-0.1, -0.05) is 30.6 Å². The molecule has 0 spiro atoms. The third kappa shape index (κ3) is 7.18. The number of thioether (sulfide) groups is 1. The van der Waals surface area contributed by atoms with Gasteiger partial charge in [-0.05, 0) is 45.2 Å². The van der Waals surface area contributed by atoms with Gasteiger partial charge in [-0.25, -0.2) is 9.59 Å². The molecule has 6 rings (SSSR count). The first-order valence-corrected chi connectivity index (χ1v) is 20.6. The summed E-state index contributed by atoms with van der Waals surface area (Å²) in [5, 5.41) is 52.5. The number of benzene rings is 1. The number of carbonyl (C=O) groups excluding carboxylic acids is 2. The first-order valence-electron chi connectivity index (χ1n) is 18.5. The van der Waals surface area contributed by atoms with Crippen LogP contribution < -0.4 is 16.5 Å². The molecule has 2 saturated heterocycles. The predicted octanol–water partition coefficient (Wildman–Crippen LogP) is 3.60. The molecule has 2 unspecified atom stereocenters. The number of thiophene rings is 1. The fourth-order valence-electron chi connectivity index (χ4n) is 7.91. The number of aromatic nitrogens is 2. The second kappa shape index (κ2) is 15.5. The average molecular weight is 847 g/mol. The number of nitrogens with zero attached hydrogens (tertiary/aromatic N) is 5. The van der Waals surface area contributed by atoms with E-state index < -0.39 is 51.4 Å². The molecule has 2 amide bonds. The van der Waals surface area contributed by atoms with Crippen molar-refractivity contribution in [3.8, 4) is 11.5 Å². The lowest BCUT2D eigenvalue weighted by Crippen LogP contribution is -2.78. The summed E-state index contributed by atoms with van der Waals surface area (Å²) in [6.07, 6.45) is 2.23. The number of amides is 2. The molecular weight excluding hydrogens is 802 g/mol. The van der Waals surface area contributed by atoms with Gasteiger partial charge in [-0.3, -0.25) is 24.0 Å². The number of carbonyl (C=O) groups is 4. The van der Waals surface area contributed by atoms with Crippen molar-refractivity contribution in [2.24, 2.45) is 5.16 Å². The first-order chi connectivity index (χ1) is 26.8. The molecule has 3 aromatic rings. The van der Waals surface area contributed by atoms with Crippen molar-refractivity contribution >= 4 is 80.1 Å². The van der Waals surface area contributed by atoms with E-state index in [-0.39, 0.29) is 63.4 Å². The number of carboxylic acids is 2. The zero-order valence-corrected chi connectivity index (χ0v) is 34.4. The molecule has 2 aromatic heterocycles. The summed E-state index contributed by atoms with van der Waals surface area (Å²) in [6.45, 7) is 9.91. The topological polar surface area (TPSA) is 247 Å². The van der Waals surface area contributed by atoms with Gasteiger partial charge in [-0.2, -0.15) is 5.10 Å². The number of oxime groups is 1. The third-order valence-electron chi connectivity index (χ3n) is 11.0. The number of nitrogens with one attached hydrogen (secondary N) is 1. The molecule has 5 heterocycles. The van der Waals surface area contributed by atoms with Crippen molar-refractivity contribution in [1.82, 2.24) is 20.0 Å². The van der Waals surface area contributed by atoms with Crippen LogP contribution in [0.2, 0.25) is 4.34 Å². The van der Waals surface area contributed by atoms with Crippen LogP contribution >= 0.6 is 34.7 Å². The Balaban J connectivity index is 1.33. The highest BCUT2D eigenvalue weighted by Gasteiger charge is 2.65. The molecule has 3 aliphatic heterocycles. The van der Waals surface area contributed by atoms with Gasteiger partial charge in [0.1, 0.15) is 34.0 Å². The van der Waals surface area contributed by atoms with Crippen molar-refractivity contribution in [2.75, 3.05) is 31.1 Å². The van der Waals surface area contributed by atoms with Gasteiger partial charge < -0.3 is 40.8 Å². The predicted molar refractivity (Wildman–Crippen MR) is 214 cm³/mol. The van der Waals surface area contributed by atoms with E-state index in [0.717, 1.165) is 24.2 Å². The largest absolute Gasteiger partial charge is 0.504 e. The van der Waals surface area contributed by atoms with Gasteiger partial charge in [0, 0.05) is 42.3 Å². The summed E-state index contributed by atoms with van der Waals surface area (Å²) in [6, 6.07) is 1.32. The average Bonchev–Trinajstić information content (AvgIpc) is 3.74. The molecule has 2 atom stereocenters. The Bertz CT molecular complexity index is 2320. The number of phenols is 2. The number of aliphatic carboxylic acids is 2. The van der Waals surface area contributed by atoms with Gasteiger partial charge in [-0.15, -0.1) is 23.1 Å². The van der Waals surface area contributed by atoms with E-state index in [1.54, 1.807) is 18.5 Å². The van der Waals surface area contributed by atoms with Crippen LogP contribution in [0, 0.1) is 0 Å². The number of hydrogen-bond donors (Lipinski definition) is 6. The fourth-order valence-corrected chi connectivity index (χ4v) is 10.7. The molecule has 306 valence electrons. The maximum atomic E-state index is 14.1. The summed E-state index contributed by atoms with van der Waals surface area (Å²) < 4.78 is 2.00. The molecule has 3 aliphatic rings. The third-order valence-corrected chi connectivity index (χ3v) is 13.9. The van der Waals surface area contributed by atoms with Crippen molar-refractivity contribution in [2.45, 2.75) is 89.9 Å². The number of hydrogen-bond acceptors (Lipinski definition) is 13. The number of fused-ring (bicyclic) bond motifs is 2. The number of quaternary nitrogens is 1.